The third-order valence-corrected chi connectivity index (χ3v) is 6.50. The van der Waals surface area contributed by atoms with Gasteiger partial charge >= 0.3 is 0 Å². The molecule has 0 aromatic heterocycles. The Morgan fingerprint density at radius 3 is 2.17 bits per heavy atom. The van der Waals surface area contributed by atoms with Gasteiger partial charge in [-0.1, -0.05) is 48.0 Å². The molecule has 3 aromatic rings. The van der Waals surface area contributed by atoms with Gasteiger partial charge in [0.25, 0.3) is 0 Å². The quantitative estimate of drug-likeness (QED) is 0.665. The van der Waals surface area contributed by atoms with Crippen LogP contribution in [0.15, 0.2) is 65.6 Å². The third kappa shape index (κ3) is 2.50. The highest BCUT2D eigenvalue weighted by molar-refractivity contribution is 7.89. The summed E-state index contributed by atoms with van der Waals surface area (Å²) in [4.78, 5) is 0.166. The Morgan fingerprint density at radius 2 is 1.50 bits per heavy atom. The number of rotatable bonds is 3. The van der Waals surface area contributed by atoms with Gasteiger partial charge in [0.15, 0.2) is 0 Å². The molecule has 2 atom stereocenters. The average molecular weight is 378 g/mol. The van der Waals surface area contributed by atoms with Gasteiger partial charge in [-0.05, 0) is 46.2 Å². The van der Waals surface area contributed by atoms with Crippen molar-refractivity contribution in [1.29, 1.82) is 0 Å². The van der Waals surface area contributed by atoms with Crippen molar-refractivity contribution in [2.45, 2.75) is 16.3 Å². The molecule has 0 aliphatic heterocycles. The summed E-state index contributed by atoms with van der Waals surface area (Å²) < 4.78 is 28.1. The zero-order chi connectivity index (χ0) is 16.9. The number of sulfonamides is 1. The second-order valence-corrected chi connectivity index (χ2v) is 8.37. The van der Waals surface area contributed by atoms with Crippen LogP contribution in [0.4, 0.5) is 0 Å². The van der Waals surface area contributed by atoms with Gasteiger partial charge in [-0.15, -0.1) is 11.6 Å². The van der Waals surface area contributed by atoms with E-state index >= 15 is 0 Å². The average Bonchev–Trinajstić information content (AvgIpc) is 2.83. The van der Waals surface area contributed by atoms with Crippen molar-refractivity contribution in [3.8, 4) is 0 Å². The van der Waals surface area contributed by atoms with Crippen molar-refractivity contribution in [3.05, 3.63) is 76.8 Å². The van der Waals surface area contributed by atoms with Gasteiger partial charge in [0.1, 0.15) is 0 Å². The van der Waals surface area contributed by atoms with Crippen LogP contribution in [0.1, 0.15) is 22.5 Å². The highest BCUT2D eigenvalue weighted by atomic mass is 35.5. The molecule has 1 N–H and O–H groups in total. The summed E-state index contributed by atoms with van der Waals surface area (Å²) in [6.45, 7) is 0. The molecule has 1 aliphatic rings. The van der Waals surface area contributed by atoms with Gasteiger partial charge in [-0.3, -0.25) is 0 Å². The largest absolute Gasteiger partial charge is 0.241 e. The lowest BCUT2D eigenvalue weighted by Crippen LogP contribution is -2.29. The Morgan fingerprint density at radius 1 is 0.875 bits per heavy atom. The maximum Gasteiger partial charge on any atom is 0.241 e. The summed E-state index contributed by atoms with van der Waals surface area (Å²) in [7, 11) is -3.70. The molecule has 0 heterocycles. The molecule has 122 valence electrons. The molecule has 0 fully saturated rings. The van der Waals surface area contributed by atoms with Gasteiger partial charge in [0.2, 0.25) is 10.0 Å². The van der Waals surface area contributed by atoms with Gasteiger partial charge in [-0.2, -0.15) is 0 Å². The first kappa shape index (κ1) is 15.9. The number of alkyl halides is 1. The molecule has 24 heavy (non-hydrogen) atoms. The Bertz CT molecular complexity index is 1030. The van der Waals surface area contributed by atoms with E-state index in [0.717, 1.165) is 21.9 Å². The normalized spacial score (nSPS) is 19.8. The van der Waals surface area contributed by atoms with Crippen molar-refractivity contribution in [2.24, 2.45) is 0 Å². The highest BCUT2D eigenvalue weighted by Gasteiger charge is 2.35. The molecule has 0 saturated heterocycles. The topological polar surface area (TPSA) is 46.2 Å². The second-order valence-electron chi connectivity index (χ2n) is 5.75. The second kappa shape index (κ2) is 5.74. The van der Waals surface area contributed by atoms with Crippen molar-refractivity contribution in [1.82, 2.24) is 4.72 Å². The molecule has 0 amide bonds. The van der Waals surface area contributed by atoms with E-state index in [1.165, 1.54) is 12.1 Å². The third-order valence-electron chi connectivity index (χ3n) is 4.30. The van der Waals surface area contributed by atoms with Crippen LogP contribution in [0.25, 0.3) is 10.8 Å². The zero-order valence-corrected chi connectivity index (χ0v) is 14.7. The Kier molecular flexibility index (Phi) is 3.81. The predicted molar refractivity (Wildman–Crippen MR) is 97.1 cm³/mol. The van der Waals surface area contributed by atoms with Crippen LogP contribution in [0.3, 0.4) is 0 Å². The SMILES string of the molecule is O=S(=O)(N[C@@H]1c2cccc3cccc(c23)[C@H]1Cl)c1ccc(Cl)cc1. The van der Waals surface area contributed by atoms with Crippen LogP contribution >= 0.6 is 23.2 Å². The lowest BCUT2D eigenvalue weighted by molar-refractivity contribution is 0.556. The summed E-state index contributed by atoms with van der Waals surface area (Å²) in [6.07, 6.45) is 0. The Labute approximate surface area is 150 Å². The Balaban J connectivity index is 1.76. The molecule has 3 aromatic carbocycles. The van der Waals surface area contributed by atoms with Crippen molar-refractivity contribution >= 4 is 44.0 Å². The minimum Gasteiger partial charge on any atom is -0.207 e. The molecule has 0 radical (unpaired) electrons. The van der Waals surface area contributed by atoms with Crippen LogP contribution < -0.4 is 4.72 Å². The molecule has 0 bridgehead atoms. The summed E-state index contributed by atoms with van der Waals surface area (Å²) in [5, 5.41) is 2.13. The molecule has 4 rings (SSSR count). The summed E-state index contributed by atoms with van der Waals surface area (Å²) >= 11 is 12.4. The molecule has 0 saturated carbocycles. The fourth-order valence-electron chi connectivity index (χ4n) is 3.20. The van der Waals surface area contributed by atoms with E-state index in [9.17, 15) is 8.42 Å². The lowest BCUT2D eigenvalue weighted by Gasteiger charge is -2.18. The monoisotopic (exact) mass is 377 g/mol. The zero-order valence-electron chi connectivity index (χ0n) is 12.4. The summed E-state index contributed by atoms with van der Waals surface area (Å²) in [5.41, 5.74) is 1.86. The smallest absolute Gasteiger partial charge is 0.207 e. The van der Waals surface area contributed by atoms with Gasteiger partial charge in [0, 0.05) is 5.02 Å². The van der Waals surface area contributed by atoms with E-state index in [1.807, 2.05) is 36.4 Å². The van der Waals surface area contributed by atoms with Gasteiger partial charge in [0.05, 0.1) is 16.3 Å². The minimum atomic E-state index is -3.70. The lowest BCUT2D eigenvalue weighted by atomic mass is 10.1. The molecule has 0 unspecified atom stereocenters. The molecule has 1 aliphatic carbocycles. The number of hydrogen-bond acceptors (Lipinski definition) is 2. The maximum absolute atomic E-state index is 12.7. The van der Waals surface area contributed by atoms with Crippen LogP contribution in [-0.4, -0.2) is 8.42 Å². The number of benzene rings is 3. The molecule has 0 spiro atoms. The first-order chi connectivity index (χ1) is 11.5. The Hall–Kier alpha value is -1.59. The maximum atomic E-state index is 12.7. The van der Waals surface area contributed by atoms with Crippen LogP contribution in [0.2, 0.25) is 5.02 Å². The highest BCUT2D eigenvalue weighted by Crippen LogP contribution is 2.47. The summed E-state index contributed by atoms with van der Waals surface area (Å²) in [6, 6.07) is 17.3. The predicted octanol–water partition coefficient (Wildman–Crippen LogP) is 4.81. The van der Waals surface area contributed by atoms with E-state index < -0.39 is 21.4 Å². The van der Waals surface area contributed by atoms with Crippen molar-refractivity contribution in [3.63, 3.8) is 0 Å². The number of nitrogens with one attached hydrogen (secondary N) is 1. The molecule has 6 heteroatoms. The fourth-order valence-corrected chi connectivity index (χ4v) is 5.01. The van der Waals surface area contributed by atoms with Gasteiger partial charge in [-0.25, -0.2) is 13.1 Å². The fraction of sp³-hybridized carbons (Fsp3) is 0.111. The number of halogens is 2. The standard InChI is InChI=1S/C18H13Cl2NO2S/c19-12-7-9-13(10-8-12)24(22,23)21-18-15-6-2-4-11-3-1-5-14(16(11)15)17(18)20/h1-10,17-18,21H/t17-,18-/m1/s1. The first-order valence-electron chi connectivity index (χ1n) is 7.41. The van der Waals surface area contributed by atoms with Crippen LogP contribution in [-0.2, 0) is 10.0 Å². The van der Waals surface area contributed by atoms with E-state index in [1.54, 1.807) is 12.1 Å². The van der Waals surface area contributed by atoms with Crippen LogP contribution in [0.5, 0.6) is 0 Å². The van der Waals surface area contributed by atoms with Crippen molar-refractivity contribution in [2.75, 3.05) is 0 Å². The minimum absolute atomic E-state index is 0.166. The molecular weight excluding hydrogens is 365 g/mol. The van der Waals surface area contributed by atoms with Crippen molar-refractivity contribution < 1.29 is 8.42 Å². The van der Waals surface area contributed by atoms with Gasteiger partial charge < -0.3 is 0 Å². The van der Waals surface area contributed by atoms with E-state index in [2.05, 4.69) is 4.72 Å². The first-order valence-corrected chi connectivity index (χ1v) is 9.71. The van der Waals surface area contributed by atoms with E-state index in [-0.39, 0.29) is 4.90 Å². The number of hydrogen-bond donors (Lipinski definition) is 1. The molecular formula is C18H13Cl2NO2S. The van der Waals surface area contributed by atoms with Crippen LogP contribution in [0, 0.1) is 0 Å². The van der Waals surface area contributed by atoms with E-state index in [4.69, 9.17) is 23.2 Å². The van der Waals surface area contributed by atoms with E-state index in [0.29, 0.717) is 5.02 Å². The molecule has 3 nitrogen and oxygen atoms in total. The summed E-state index contributed by atoms with van der Waals surface area (Å²) in [5.74, 6) is 0.